The first-order chi connectivity index (χ1) is 6.26. The van der Waals surface area contributed by atoms with E-state index >= 15 is 0 Å². The van der Waals surface area contributed by atoms with Crippen LogP contribution in [0.4, 0.5) is 0 Å². The Morgan fingerprint density at radius 1 is 1.15 bits per heavy atom. The molecule has 13 heavy (non-hydrogen) atoms. The lowest BCUT2D eigenvalue weighted by molar-refractivity contribution is 0.125. The van der Waals surface area contributed by atoms with E-state index in [1.807, 2.05) is 6.92 Å². The molecule has 0 spiro atoms. The molecule has 1 N–H and O–H groups in total. The summed E-state index contributed by atoms with van der Waals surface area (Å²) in [5.74, 6) is 6.49. The van der Waals surface area contributed by atoms with Crippen LogP contribution in [0.1, 0.15) is 52.9 Å². The average molecular weight is 182 g/mol. The van der Waals surface area contributed by atoms with Crippen LogP contribution in [0, 0.1) is 17.8 Å². The lowest BCUT2D eigenvalue weighted by Crippen LogP contribution is -2.17. The molecule has 0 saturated carbocycles. The van der Waals surface area contributed by atoms with Crippen LogP contribution in [0.2, 0.25) is 0 Å². The quantitative estimate of drug-likeness (QED) is 0.648. The van der Waals surface area contributed by atoms with Gasteiger partial charge in [0.05, 0.1) is 6.10 Å². The molecule has 76 valence electrons. The van der Waals surface area contributed by atoms with Gasteiger partial charge in [-0.3, -0.25) is 0 Å². The maximum Gasteiger partial charge on any atom is 0.0675 e. The van der Waals surface area contributed by atoms with Crippen molar-refractivity contribution >= 4 is 0 Å². The monoisotopic (exact) mass is 182 g/mol. The Hall–Kier alpha value is -0.480. The molecule has 0 aliphatic rings. The van der Waals surface area contributed by atoms with Crippen molar-refractivity contribution in [3.05, 3.63) is 0 Å². The highest BCUT2D eigenvalue weighted by molar-refractivity contribution is 5.05. The van der Waals surface area contributed by atoms with Crippen LogP contribution in [0.15, 0.2) is 0 Å². The Bertz CT molecular complexity index is 164. The minimum atomic E-state index is -0.232. The van der Waals surface area contributed by atoms with Gasteiger partial charge in [0.15, 0.2) is 0 Å². The minimum absolute atomic E-state index is 0.196. The lowest BCUT2D eigenvalue weighted by Gasteiger charge is -2.15. The molecule has 0 radical (unpaired) electrons. The number of rotatable bonds is 5. The molecule has 2 unspecified atom stereocenters. The summed E-state index contributed by atoms with van der Waals surface area (Å²) in [7, 11) is 0. The molecule has 2 atom stereocenters. The minimum Gasteiger partial charge on any atom is -0.392 e. The van der Waals surface area contributed by atoms with Crippen molar-refractivity contribution in [1.29, 1.82) is 0 Å². The zero-order chi connectivity index (χ0) is 10.1. The van der Waals surface area contributed by atoms with Crippen LogP contribution in [0.3, 0.4) is 0 Å². The lowest BCUT2D eigenvalue weighted by atomic mass is 9.96. The van der Waals surface area contributed by atoms with Crippen molar-refractivity contribution < 1.29 is 5.11 Å². The van der Waals surface area contributed by atoms with Gasteiger partial charge in [0.2, 0.25) is 0 Å². The van der Waals surface area contributed by atoms with E-state index in [1.54, 1.807) is 0 Å². The van der Waals surface area contributed by atoms with Crippen molar-refractivity contribution in [1.82, 2.24) is 0 Å². The second-order valence-electron chi connectivity index (χ2n) is 3.44. The molecule has 0 aromatic heterocycles. The number of hydrogen-bond acceptors (Lipinski definition) is 1. The van der Waals surface area contributed by atoms with E-state index in [9.17, 15) is 5.11 Å². The van der Waals surface area contributed by atoms with Crippen LogP contribution in [-0.2, 0) is 0 Å². The summed E-state index contributed by atoms with van der Waals surface area (Å²) >= 11 is 0. The standard InChI is InChI=1S/C12H22O/c1-4-7-8-10-11(9-5-2)12(13)6-3/h11-13H,4-7,9H2,1-3H3. The van der Waals surface area contributed by atoms with Crippen LogP contribution < -0.4 is 0 Å². The van der Waals surface area contributed by atoms with Crippen molar-refractivity contribution in [2.45, 2.75) is 59.0 Å². The van der Waals surface area contributed by atoms with E-state index in [2.05, 4.69) is 25.7 Å². The number of aliphatic hydroxyl groups excluding tert-OH is 1. The summed E-state index contributed by atoms with van der Waals surface area (Å²) in [4.78, 5) is 0. The normalized spacial score (nSPS) is 14.5. The topological polar surface area (TPSA) is 20.2 Å². The second-order valence-corrected chi connectivity index (χ2v) is 3.44. The first-order valence-corrected chi connectivity index (χ1v) is 5.42. The zero-order valence-corrected chi connectivity index (χ0v) is 9.14. The maximum absolute atomic E-state index is 9.65. The van der Waals surface area contributed by atoms with Crippen molar-refractivity contribution in [2.24, 2.45) is 5.92 Å². The van der Waals surface area contributed by atoms with Gasteiger partial charge in [-0.05, 0) is 19.3 Å². The molecule has 0 amide bonds. The number of aliphatic hydroxyl groups is 1. The molecular formula is C12H22O. The summed E-state index contributed by atoms with van der Waals surface area (Å²) < 4.78 is 0. The molecule has 0 saturated heterocycles. The molecule has 0 aliphatic carbocycles. The molecule has 0 heterocycles. The van der Waals surface area contributed by atoms with Crippen LogP contribution >= 0.6 is 0 Å². The summed E-state index contributed by atoms with van der Waals surface area (Å²) in [6.45, 7) is 6.27. The van der Waals surface area contributed by atoms with Gasteiger partial charge in [0.1, 0.15) is 0 Å². The molecule has 1 heteroatoms. The Morgan fingerprint density at radius 2 is 1.85 bits per heavy atom. The van der Waals surface area contributed by atoms with Gasteiger partial charge in [-0.15, -0.1) is 5.92 Å². The van der Waals surface area contributed by atoms with Crippen molar-refractivity contribution in [3.8, 4) is 11.8 Å². The van der Waals surface area contributed by atoms with E-state index < -0.39 is 0 Å². The van der Waals surface area contributed by atoms with Gasteiger partial charge >= 0.3 is 0 Å². The van der Waals surface area contributed by atoms with Crippen molar-refractivity contribution in [2.75, 3.05) is 0 Å². The summed E-state index contributed by atoms with van der Waals surface area (Å²) in [5, 5.41) is 9.65. The zero-order valence-electron chi connectivity index (χ0n) is 9.14. The number of unbranched alkanes of at least 4 members (excludes halogenated alkanes) is 1. The molecule has 0 aliphatic heterocycles. The van der Waals surface area contributed by atoms with Gasteiger partial charge in [-0.2, -0.15) is 0 Å². The third kappa shape index (κ3) is 5.71. The van der Waals surface area contributed by atoms with E-state index in [1.165, 1.54) is 0 Å². The fourth-order valence-electron chi connectivity index (χ4n) is 1.28. The highest BCUT2D eigenvalue weighted by atomic mass is 16.3. The average Bonchev–Trinajstić information content (AvgIpc) is 2.16. The first-order valence-electron chi connectivity index (χ1n) is 5.42. The molecule has 0 bridgehead atoms. The van der Waals surface area contributed by atoms with E-state index in [4.69, 9.17) is 0 Å². The smallest absolute Gasteiger partial charge is 0.0675 e. The van der Waals surface area contributed by atoms with Crippen LogP contribution in [0.5, 0.6) is 0 Å². The largest absolute Gasteiger partial charge is 0.392 e. The Labute approximate surface area is 82.5 Å². The molecule has 0 fully saturated rings. The Balaban J connectivity index is 4.02. The number of hydrogen-bond donors (Lipinski definition) is 1. The summed E-state index contributed by atoms with van der Waals surface area (Å²) in [6.07, 6.45) is 4.76. The molecule has 0 aromatic rings. The molecule has 1 nitrogen and oxygen atoms in total. The summed E-state index contributed by atoms with van der Waals surface area (Å²) in [6, 6.07) is 0. The molecular weight excluding hydrogens is 160 g/mol. The van der Waals surface area contributed by atoms with Crippen molar-refractivity contribution in [3.63, 3.8) is 0 Å². The van der Waals surface area contributed by atoms with E-state index in [0.717, 1.165) is 32.1 Å². The van der Waals surface area contributed by atoms with Gasteiger partial charge in [-0.1, -0.05) is 33.1 Å². The fourth-order valence-corrected chi connectivity index (χ4v) is 1.28. The van der Waals surface area contributed by atoms with Gasteiger partial charge in [-0.25, -0.2) is 0 Å². The van der Waals surface area contributed by atoms with E-state index in [0.29, 0.717) is 0 Å². The van der Waals surface area contributed by atoms with E-state index in [-0.39, 0.29) is 12.0 Å². The van der Waals surface area contributed by atoms with Crippen LogP contribution in [0.25, 0.3) is 0 Å². The van der Waals surface area contributed by atoms with Gasteiger partial charge in [0.25, 0.3) is 0 Å². The fraction of sp³-hybridized carbons (Fsp3) is 0.833. The van der Waals surface area contributed by atoms with Gasteiger partial charge < -0.3 is 5.11 Å². The summed E-state index contributed by atoms with van der Waals surface area (Å²) in [5.41, 5.74) is 0. The SMILES string of the molecule is CCCC#CC(CCC)C(O)CC. The predicted octanol–water partition coefficient (Wildman–Crippen LogP) is 2.98. The highest BCUT2D eigenvalue weighted by Gasteiger charge is 2.13. The third-order valence-corrected chi connectivity index (χ3v) is 2.14. The second kappa shape index (κ2) is 8.13. The maximum atomic E-state index is 9.65. The Morgan fingerprint density at radius 3 is 2.31 bits per heavy atom. The third-order valence-electron chi connectivity index (χ3n) is 2.14. The predicted molar refractivity (Wildman–Crippen MR) is 57.4 cm³/mol. The molecule has 0 aromatic carbocycles. The first kappa shape index (κ1) is 12.5. The highest BCUT2D eigenvalue weighted by Crippen LogP contribution is 2.13. The van der Waals surface area contributed by atoms with Gasteiger partial charge in [0, 0.05) is 12.3 Å². The molecule has 0 rings (SSSR count). The van der Waals surface area contributed by atoms with Crippen LogP contribution in [-0.4, -0.2) is 11.2 Å². The Kier molecular flexibility index (Phi) is 7.83.